The number of aliphatic imine (C=N–C) groups is 1. The molecule has 1 aromatic rings. The zero-order valence-corrected chi connectivity index (χ0v) is 22.0. The first-order valence-corrected chi connectivity index (χ1v) is 11.8. The summed E-state index contributed by atoms with van der Waals surface area (Å²) in [6.45, 7) is 6.44. The second-order valence-corrected chi connectivity index (χ2v) is 8.53. The maximum absolute atomic E-state index is 12.3. The number of methoxy groups -OCH3 is 1. The quantitative estimate of drug-likeness (QED) is 0.201. The molecule has 2 aliphatic rings. The van der Waals surface area contributed by atoms with Gasteiger partial charge in [0.2, 0.25) is 5.91 Å². The van der Waals surface area contributed by atoms with Crippen molar-refractivity contribution in [2.24, 2.45) is 10.9 Å². The molecule has 1 saturated carbocycles. The molecule has 32 heavy (non-hydrogen) atoms. The number of rotatable bonds is 10. The third-order valence-corrected chi connectivity index (χ3v) is 6.43. The highest BCUT2D eigenvalue weighted by Gasteiger charge is 2.30. The molecular formula is C24H40IN5O2. The summed E-state index contributed by atoms with van der Waals surface area (Å²) in [6, 6.07) is 8.31. The number of ether oxygens (including phenoxy) is 1. The lowest BCUT2D eigenvalue weighted by Gasteiger charge is -2.38. The van der Waals surface area contributed by atoms with E-state index in [-0.39, 0.29) is 24.0 Å². The largest absolute Gasteiger partial charge is 0.497 e. The Morgan fingerprint density at radius 3 is 2.34 bits per heavy atom. The van der Waals surface area contributed by atoms with E-state index in [1.165, 1.54) is 12.0 Å². The van der Waals surface area contributed by atoms with Crippen LogP contribution in [0.15, 0.2) is 29.3 Å². The Balaban J connectivity index is 0.00000363. The molecule has 1 heterocycles. The molecule has 0 spiro atoms. The number of guanidine groups is 1. The Hall–Kier alpha value is -1.55. The van der Waals surface area contributed by atoms with Gasteiger partial charge in [0, 0.05) is 58.8 Å². The highest BCUT2D eigenvalue weighted by atomic mass is 127. The van der Waals surface area contributed by atoms with Crippen molar-refractivity contribution in [3.63, 3.8) is 0 Å². The lowest BCUT2D eigenvalue weighted by Crippen LogP contribution is -2.52. The summed E-state index contributed by atoms with van der Waals surface area (Å²) in [5.74, 6) is 2.48. The van der Waals surface area contributed by atoms with Crippen LogP contribution in [-0.2, 0) is 11.2 Å². The SMILES string of the molecule is CN=C(NCCCCc1ccc(OC)cc1)NCCN1CCN(C(=O)C2CCC2)CC1.I. The summed E-state index contributed by atoms with van der Waals surface area (Å²) in [7, 11) is 3.51. The van der Waals surface area contributed by atoms with Crippen LogP contribution in [0.2, 0.25) is 0 Å². The van der Waals surface area contributed by atoms with Crippen molar-refractivity contribution in [2.45, 2.75) is 38.5 Å². The van der Waals surface area contributed by atoms with Crippen molar-refractivity contribution in [1.82, 2.24) is 20.4 Å². The number of benzene rings is 1. The first-order valence-electron chi connectivity index (χ1n) is 11.8. The van der Waals surface area contributed by atoms with Gasteiger partial charge in [-0.3, -0.25) is 14.7 Å². The summed E-state index contributed by atoms with van der Waals surface area (Å²) in [5.41, 5.74) is 1.35. The minimum atomic E-state index is 0. The molecule has 1 aromatic carbocycles. The van der Waals surface area contributed by atoms with Crippen molar-refractivity contribution < 1.29 is 9.53 Å². The van der Waals surface area contributed by atoms with Crippen LogP contribution in [0.5, 0.6) is 5.75 Å². The summed E-state index contributed by atoms with van der Waals surface area (Å²) in [5, 5.41) is 6.82. The molecule has 3 rings (SSSR count). The average molecular weight is 558 g/mol. The number of unbranched alkanes of at least 4 members (excludes halogenated alkanes) is 1. The lowest BCUT2D eigenvalue weighted by molar-refractivity contribution is -0.139. The number of hydrogen-bond acceptors (Lipinski definition) is 4. The molecule has 0 atom stereocenters. The van der Waals surface area contributed by atoms with Crippen LogP contribution in [0, 0.1) is 5.92 Å². The predicted octanol–water partition coefficient (Wildman–Crippen LogP) is 2.75. The Kier molecular flexibility index (Phi) is 12.2. The highest BCUT2D eigenvalue weighted by Crippen LogP contribution is 2.28. The average Bonchev–Trinajstić information content (AvgIpc) is 2.77. The molecule has 0 aromatic heterocycles. The predicted molar refractivity (Wildman–Crippen MR) is 141 cm³/mol. The fourth-order valence-electron chi connectivity index (χ4n) is 4.11. The van der Waals surface area contributed by atoms with E-state index in [4.69, 9.17) is 4.74 Å². The maximum Gasteiger partial charge on any atom is 0.225 e. The van der Waals surface area contributed by atoms with E-state index < -0.39 is 0 Å². The fraction of sp³-hybridized carbons (Fsp3) is 0.667. The van der Waals surface area contributed by atoms with Crippen LogP contribution in [0.1, 0.15) is 37.7 Å². The van der Waals surface area contributed by atoms with Crippen LogP contribution < -0.4 is 15.4 Å². The minimum Gasteiger partial charge on any atom is -0.497 e. The molecule has 8 heteroatoms. The number of nitrogens with zero attached hydrogens (tertiary/aromatic N) is 3. The number of amides is 1. The number of piperazine rings is 1. The molecule has 0 radical (unpaired) electrons. The van der Waals surface area contributed by atoms with Crippen LogP contribution >= 0.6 is 24.0 Å². The summed E-state index contributed by atoms with van der Waals surface area (Å²) < 4.78 is 5.20. The summed E-state index contributed by atoms with van der Waals surface area (Å²) >= 11 is 0. The third-order valence-electron chi connectivity index (χ3n) is 6.43. The molecule has 7 nitrogen and oxygen atoms in total. The Morgan fingerprint density at radius 1 is 1.06 bits per heavy atom. The van der Waals surface area contributed by atoms with Gasteiger partial charge in [0.25, 0.3) is 0 Å². The third kappa shape index (κ3) is 8.42. The number of aryl methyl sites for hydroxylation is 1. The zero-order chi connectivity index (χ0) is 21.9. The minimum absolute atomic E-state index is 0. The van der Waals surface area contributed by atoms with E-state index in [1.807, 2.05) is 19.2 Å². The van der Waals surface area contributed by atoms with Gasteiger partial charge in [-0.15, -0.1) is 24.0 Å². The van der Waals surface area contributed by atoms with Crippen molar-refractivity contribution in [3.05, 3.63) is 29.8 Å². The van der Waals surface area contributed by atoms with Gasteiger partial charge in [-0.05, 0) is 49.8 Å². The van der Waals surface area contributed by atoms with Gasteiger partial charge in [-0.25, -0.2) is 0 Å². The summed E-state index contributed by atoms with van der Waals surface area (Å²) in [6.07, 6.45) is 6.73. The second kappa shape index (κ2) is 14.6. The fourth-order valence-corrected chi connectivity index (χ4v) is 4.11. The molecule has 0 bridgehead atoms. The first-order chi connectivity index (χ1) is 15.2. The molecule has 0 unspecified atom stereocenters. The van der Waals surface area contributed by atoms with Crippen LogP contribution in [-0.4, -0.2) is 81.6 Å². The number of nitrogens with one attached hydrogen (secondary N) is 2. The van der Waals surface area contributed by atoms with E-state index in [2.05, 4.69) is 37.6 Å². The molecule has 1 aliphatic heterocycles. The van der Waals surface area contributed by atoms with Gasteiger partial charge in [0.1, 0.15) is 5.75 Å². The molecule has 2 fully saturated rings. The Morgan fingerprint density at radius 2 is 1.75 bits per heavy atom. The molecular weight excluding hydrogens is 517 g/mol. The van der Waals surface area contributed by atoms with E-state index >= 15 is 0 Å². The number of carbonyl (C=O) groups is 1. The van der Waals surface area contributed by atoms with Gasteiger partial charge >= 0.3 is 0 Å². The van der Waals surface area contributed by atoms with Crippen molar-refractivity contribution in [2.75, 3.05) is 60.0 Å². The Bertz CT molecular complexity index is 701. The summed E-state index contributed by atoms with van der Waals surface area (Å²) in [4.78, 5) is 21.2. The van der Waals surface area contributed by atoms with Gasteiger partial charge in [0.05, 0.1) is 7.11 Å². The van der Waals surface area contributed by atoms with Crippen LogP contribution in [0.3, 0.4) is 0 Å². The van der Waals surface area contributed by atoms with Crippen molar-refractivity contribution in [1.29, 1.82) is 0 Å². The van der Waals surface area contributed by atoms with Gasteiger partial charge in [-0.2, -0.15) is 0 Å². The standard InChI is InChI=1S/C24H39N5O2.HI/c1-25-24(26-13-4-3-6-20-9-11-22(31-2)12-10-20)27-14-15-28-16-18-29(19-17-28)23(30)21-7-5-8-21;/h9-12,21H,3-8,13-19H2,1-2H3,(H2,25,26,27);1H. The molecule has 1 saturated heterocycles. The zero-order valence-electron chi connectivity index (χ0n) is 19.6. The molecule has 1 aliphatic carbocycles. The topological polar surface area (TPSA) is 69.2 Å². The number of carbonyl (C=O) groups excluding carboxylic acids is 1. The van der Waals surface area contributed by atoms with E-state index in [1.54, 1.807) is 7.11 Å². The van der Waals surface area contributed by atoms with Crippen LogP contribution in [0.4, 0.5) is 0 Å². The normalized spacial score (nSPS) is 17.3. The van der Waals surface area contributed by atoms with Crippen molar-refractivity contribution >= 4 is 35.8 Å². The van der Waals surface area contributed by atoms with Gasteiger partial charge in [0.15, 0.2) is 5.96 Å². The van der Waals surface area contributed by atoms with E-state index in [0.717, 1.165) is 89.6 Å². The molecule has 180 valence electrons. The van der Waals surface area contributed by atoms with Crippen LogP contribution in [0.25, 0.3) is 0 Å². The number of halogens is 1. The first kappa shape index (κ1) is 26.7. The maximum atomic E-state index is 12.3. The monoisotopic (exact) mass is 557 g/mol. The Labute approximate surface area is 210 Å². The lowest BCUT2D eigenvalue weighted by atomic mass is 9.84. The molecule has 2 N–H and O–H groups in total. The van der Waals surface area contributed by atoms with Gasteiger partial charge < -0.3 is 20.3 Å². The molecule has 1 amide bonds. The van der Waals surface area contributed by atoms with E-state index in [9.17, 15) is 4.79 Å². The van der Waals surface area contributed by atoms with Crippen molar-refractivity contribution in [3.8, 4) is 5.75 Å². The van der Waals surface area contributed by atoms with Gasteiger partial charge in [-0.1, -0.05) is 18.6 Å². The number of hydrogen-bond donors (Lipinski definition) is 2. The second-order valence-electron chi connectivity index (χ2n) is 8.53. The van der Waals surface area contributed by atoms with E-state index in [0.29, 0.717) is 11.8 Å². The smallest absolute Gasteiger partial charge is 0.225 e. The highest BCUT2D eigenvalue weighted by molar-refractivity contribution is 14.0.